The molecule has 1 N–H and O–H groups in total. The van der Waals surface area contributed by atoms with Gasteiger partial charge in [-0.05, 0) is 31.0 Å². The summed E-state index contributed by atoms with van der Waals surface area (Å²) in [6.45, 7) is 3.06. The molecular weight excluding hydrogens is 436 g/mol. The quantitative estimate of drug-likeness (QED) is 0.401. The Labute approximate surface area is 203 Å². The van der Waals surface area contributed by atoms with Crippen LogP contribution >= 0.6 is 0 Å². The number of rotatable bonds is 5. The first-order valence-corrected chi connectivity index (χ1v) is 12.0. The third-order valence-electron chi connectivity index (χ3n) is 6.99. The summed E-state index contributed by atoms with van der Waals surface area (Å²) in [5.41, 5.74) is 4.80. The number of para-hydroxylation sites is 2. The third kappa shape index (κ3) is 3.71. The number of nitrogens with zero attached hydrogens (tertiary/aromatic N) is 3. The van der Waals surface area contributed by atoms with Gasteiger partial charge in [0, 0.05) is 30.3 Å². The molecule has 3 aromatic carbocycles. The first kappa shape index (κ1) is 21.4. The van der Waals surface area contributed by atoms with Crippen LogP contribution in [-0.4, -0.2) is 39.2 Å². The molecule has 1 aliphatic heterocycles. The summed E-state index contributed by atoms with van der Waals surface area (Å²) in [4.78, 5) is 32.8. The Bertz CT molecular complexity index is 1590. The number of likely N-dealkylation sites (tertiary alicyclic amines) is 1. The van der Waals surface area contributed by atoms with E-state index in [1.807, 2.05) is 78.6 Å². The van der Waals surface area contributed by atoms with Crippen LogP contribution in [0.5, 0.6) is 0 Å². The Kier molecular flexibility index (Phi) is 5.21. The molecule has 0 bridgehead atoms. The Morgan fingerprint density at radius 1 is 0.971 bits per heavy atom. The zero-order valence-corrected chi connectivity index (χ0v) is 19.6. The Morgan fingerprint density at radius 2 is 1.69 bits per heavy atom. The molecule has 5 aromatic rings. The average molecular weight is 463 g/mol. The number of anilines is 1. The minimum Gasteiger partial charge on any atom is -0.342 e. The lowest BCUT2D eigenvalue weighted by molar-refractivity contribution is -0.128. The molecule has 1 unspecified atom stereocenters. The van der Waals surface area contributed by atoms with Crippen molar-refractivity contribution >= 4 is 44.8 Å². The van der Waals surface area contributed by atoms with Crippen molar-refractivity contribution in [2.24, 2.45) is 5.92 Å². The van der Waals surface area contributed by atoms with Gasteiger partial charge in [-0.15, -0.1) is 0 Å². The maximum Gasteiger partial charge on any atom is 0.229 e. The largest absolute Gasteiger partial charge is 0.342 e. The highest BCUT2D eigenvalue weighted by Gasteiger charge is 2.34. The summed E-state index contributed by atoms with van der Waals surface area (Å²) >= 11 is 0. The van der Waals surface area contributed by atoms with E-state index in [0.29, 0.717) is 13.1 Å². The number of carbonyl (C=O) groups excluding carboxylic acids is 2. The van der Waals surface area contributed by atoms with Crippen LogP contribution in [0.3, 0.4) is 0 Å². The van der Waals surface area contributed by atoms with Gasteiger partial charge >= 0.3 is 0 Å². The van der Waals surface area contributed by atoms with Gasteiger partial charge in [0.1, 0.15) is 5.82 Å². The van der Waals surface area contributed by atoms with E-state index in [2.05, 4.69) is 21.9 Å². The van der Waals surface area contributed by atoms with Crippen molar-refractivity contribution in [3.05, 3.63) is 90.3 Å². The van der Waals surface area contributed by atoms with Crippen molar-refractivity contribution in [2.75, 3.05) is 18.4 Å². The van der Waals surface area contributed by atoms with Gasteiger partial charge in [-0.25, -0.2) is 4.98 Å². The second-order valence-corrected chi connectivity index (χ2v) is 9.22. The molecule has 174 valence electrons. The maximum atomic E-state index is 13.5. The van der Waals surface area contributed by atoms with Gasteiger partial charge in [0.15, 0.2) is 0 Å². The number of aromatic nitrogens is 2. The molecule has 1 aliphatic rings. The molecule has 0 radical (unpaired) electrons. The predicted octanol–water partition coefficient (Wildman–Crippen LogP) is 4.98. The second-order valence-electron chi connectivity index (χ2n) is 9.22. The highest BCUT2D eigenvalue weighted by molar-refractivity contribution is 6.16. The van der Waals surface area contributed by atoms with Crippen molar-refractivity contribution in [1.29, 1.82) is 0 Å². The van der Waals surface area contributed by atoms with E-state index in [4.69, 9.17) is 4.98 Å². The smallest absolute Gasteiger partial charge is 0.229 e. The van der Waals surface area contributed by atoms with Gasteiger partial charge in [0.25, 0.3) is 0 Å². The molecule has 0 spiro atoms. The lowest BCUT2D eigenvalue weighted by Crippen LogP contribution is -2.30. The number of carbonyl (C=O) groups is 2. The fourth-order valence-electron chi connectivity index (χ4n) is 5.25. The molecule has 2 aromatic heterocycles. The fourth-order valence-corrected chi connectivity index (χ4v) is 5.25. The first-order valence-electron chi connectivity index (χ1n) is 12.0. The molecular formula is C29H26N4O2. The summed E-state index contributed by atoms with van der Waals surface area (Å²) in [7, 11) is 0. The van der Waals surface area contributed by atoms with Gasteiger partial charge in [-0.3, -0.25) is 14.0 Å². The highest BCUT2D eigenvalue weighted by atomic mass is 16.2. The molecule has 2 amide bonds. The van der Waals surface area contributed by atoms with Crippen LogP contribution < -0.4 is 5.32 Å². The number of benzene rings is 3. The Morgan fingerprint density at radius 3 is 2.51 bits per heavy atom. The van der Waals surface area contributed by atoms with Gasteiger partial charge in [-0.1, -0.05) is 66.7 Å². The van der Waals surface area contributed by atoms with Crippen LogP contribution in [0.4, 0.5) is 5.69 Å². The standard InChI is InChI=1S/C29H26N4O2/c1-19-30-24-13-7-5-11-22(24)28-27(23-12-6-8-14-25(23)33(19)28)31-29(35)21-17-26(34)32(18-21)16-15-20-9-3-2-4-10-20/h2-14,21H,15-18H2,1H3,(H,31,35). The number of hydrogen-bond donors (Lipinski definition) is 1. The lowest BCUT2D eigenvalue weighted by atomic mass is 10.1. The first-order chi connectivity index (χ1) is 17.1. The van der Waals surface area contributed by atoms with Crippen molar-refractivity contribution in [3.8, 4) is 0 Å². The van der Waals surface area contributed by atoms with Crippen molar-refractivity contribution in [3.63, 3.8) is 0 Å². The van der Waals surface area contributed by atoms with Crippen LogP contribution in [0.15, 0.2) is 78.9 Å². The van der Waals surface area contributed by atoms with Crippen LogP contribution in [0.1, 0.15) is 17.8 Å². The molecule has 1 atom stereocenters. The molecule has 35 heavy (non-hydrogen) atoms. The van der Waals surface area contributed by atoms with E-state index in [1.54, 1.807) is 0 Å². The third-order valence-corrected chi connectivity index (χ3v) is 6.99. The lowest BCUT2D eigenvalue weighted by Gasteiger charge is -2.16. The van der Waals surface area contributed by atoms with Gasteiger partial charge in [0.2, 0.25) is 11.8 Å². The highest BCUT2D eigenvalue weighted by Crippen LogP contribution is 2.37. The maximum absolute atomic E-state index is 13.5. The van der Waals surface area contributed by atoms with Crippen LogP contribution in [-0.2, 0) is 16.0 Å². The van der Waals surface area contributed by atoms with Gasteiger partial charge in [0.05, 0.1) is 28.2 Å². The molecule has 3 heterocycles. The van der Waals surface area contributed by atoms with Gasteiger partial charge < -0.3 is 10.2 Å². The minimum atomic E-state index is -0.374. The zero-order chi connectivity index (χ0) is 23.9. The van der Waals surface area contributed by atoms with E-state index >= 15 is 0 Å². The summed E-state index contributed by atoms with van der Waals surface area (Å²) < 4.78 is 2.11. The Hall–Kier alpha value is -4.19. The monoisotopic (exact) mass is 462 g/mol. The predicted molar refractivity (Wildman–Crippen MR) is 138 cm³/mol. The molecule has 0 aliphatic carbocycles. The number of hydrogen-bond acceptors (Lipinski definition) is 3. The number of fused-ring (bicyclic) bond motifs is 5. The van der Waals surface area contributed by atoms with Crippen molar-refractivity contribution < 1.29 is 9.59 Å². The van der Waals surface area contributed by atoms with E-state index in [9.17, 15) is 9.59 Å². The van der Waals surface area contributed by atoms with Crippen LogP contribution in [0.2, 0.25) is 0 Å². The van der Waals surface area contributed by atoms with Crippen LogP contribution in [0.25, 0.3) is 27.3 Å². The topological polar surface area (TPSA) is 66.7 Å². The summed E-state index contributed by atoms with van der Waals surface area (Å²) in [6, 6.07) is 26.2. The fraction of sp³-hybridized carbons (Fsp3) is 0.207. The average Bonchev–Trinajstić information content (AvgIpc) is 3.42. The summed E-state index contributed by atoms with van der Waals surface area (Å²) in [5.74, 6) is 0.412. The normalized spacial score (nSPS) is 16.0. The molecule has 6 rings (SSSR count). The SMILES string of the molecule is Cc1nc2ccccc2c2c(NC(=O)C3CC(=O)N(CCc4ccccc4)C3)c3ccccc3n12. The molecule has 1 saturated heterocycles. The Balaban J connectivity index is 1.32. The molecule has 1 fully saturated rings. The number of amides is 2. The van der Waals surface area contributed by atoms with E-state index in [-0.39, 0.29) is 24.2 Å². The second kappa shape index (κ2) is 8.55. The summed E-state index contributed by atoms with van der Waals surface area (Å²) in [5, 5.41) is 5.17. The van der Waals surface area contributed by atoms with E-state index in [0.717, 1.165) is 45.3 Å². The molecule has 0 saturated carbocycles. The minimum absolute atomic E-state index is 0.0400. The van der Waals surface area contributed by atoms with Crippen molar-refractivity contribution in [2.45, 2.75) is 19.8 Å². The summed E-state index contributed by atoms with van der Waals surface area (Å²) in [6.07, 6.45) is 1.03. The number of nitrogens with one attached hydrogen (secondary N) is 1. The zero-order valence-electron chi connectivity index (χ0n) is 19.6. The van der Waals surface area contributed by atoms with E-state index in [1.165, 1.54) is 5.56 Å². The van der Waals surface area contributed by atoms with Gasteiger partial charge in [-0.2, -0.15) is 0 Å². The van der Waals surface area contributed by atoms with E-state index < -0.39 is 0 Å². The van der Waals surface area contributed by atoms with Crippen molar-refractivity contribution in [1.82, 2.24) is 14.3 Å². The number of aryl methyl sites for hydroxylation is 1. The molecule has 6 heteroatoms. The van der Waals surface area contributed by atoms with Crippen LogP contribution in [0, 0.1) is 12.8 Å². The molecule has 6 nitrogen and oxygen atoms in total.